The number of rotatable bonds is 9. The SMILES string of the molecule is CC1(C)NC(=O)N(CCOc2ccc(CN3CCOC[C@@](O)(COc4cccc(F)c4)C3)cc2)C1=O. The first-order chi connectivity index (χ1) is 17.1. The number of amides is 3. The molecule has 0 spiro atoms. The molecule has 194 valence electrons. The maximum absolute atomic E-state index is 13.4. The number of urea groups is 1. The van der Waals surface area contributed by atoms with Gasteiger partial charge in [-0.3, -0.25) is 14.6 Å². The number of nitrogens with one attached hydrogen (secondary N) is 1. The lowest BCUT2D eigenvalue weighted by atomic mass is 10.1. The number of ether oxygens (including phenoxy) is 3. The van der Waals surface area contributed by atoms with Gasteiger partial charge in [-0.25, -0.2) is 9.18 Å². The Balaban J connectivity index is 1.27. The standard InChI is InChI=1S/C26H32FN3O6/c1-25(2)23(31)30(24(32)28-25)11-13-35-21-8-6-19(7-9-21)15-29-10-12-34-17-26(33,16-29)18-36-22-5-3-4-20(27)14-22/h3-9,14,33H,10-13,15-18H2,1-2H3,(H,28,32)/t26-/m1/s1. The van der Waals surface area contributed by atoms with E-state index in [-0.39, 0.29) is 32.3 Å². The summed E-state index contributed by atoms with van der Waals surface area (Å²) in [5.41, 5.74) is -1.11. The van der Waals surface area contributed by atoms with Crippen LogP contribution < -0.4 is 14.8 Å². The first kappa shape index (κ1) is 25.9. The largest absolute Gasteiger partial charge is 0.492 e. The highest BCUT2D eigenvalue weighted by Gasteiger charge is 2.43. The molecule has 0 aliphatic carbocycles. The average molecular weight is 502 g/mol. The van der Waals surface area contributed by atoms with Crippen molar-refractivity contribution in [3.05, 3.63) is 59.9 Å². The van der Waals surface area contributed by atoms with Crippen LogP contribution in [0.2, 0.25) is 0 Å². The van der Waals surface area contributed by atoms with Crippen LogP contribution in [0.25, 0.3) is 0 Å². The fourth-order valence-electron chi connectivity index (χ4n) is 4.22. The summed E-state index contributed by atoms with van der Waals surface area (Å²) in [7, 11) is 0. The van der Waals surface area contributed by atoms with Gasteiger partial charge in [0.25, 0.3) is 5.91 Å². The number of hydrogen-bond donors (Lipinski definition) is 2. The van der Waals surface area contributed by atoms with Gasteiger partial charge in [-0.2, -0.15) is 0 Å². The van der Waals surface area contributed by atoms with E-state index >= 15 is 0 Å². The number of aliphatic hydroxyl groups is 1. The third kappa shape index (κ3) is 6.51. The van der Waals surface area contributed by atoms with Crippen LogP contribution in [0.4, 0.5) is 9.18 Å². The minimum atomic E-state index is -1.24. The third-order valence-electron chi connectivity index (χ3n) is 6.10. The number of benzene rings is 2. The molecule has 2 N–H and O–H groups in total. The van der Waals surface area contributed by atoms with Gasteiger partial charge < -0.3 is 24.6 Å². The second-order valence-corrected chi connectivity index (χ2v) is 9.74. The van der Waals surface area contributed by atoms with Crippen LogP contribution in [0, 0.1) is 5.82 Å². The van der Waals surface area contributed by atoms with Gasteiger partial charge in [0.1, 0.15) is 41.7 Å². The molecule has 36 heavy (non-hydrogen) atoms. The Hall–Kier alpha value is -3.21. The number of β-amino-alcohol motifs (C(OH)–C–C–N with tert-alkyl or cyclic N) is 1. The zero-order valence-electron chi connectivity index (χ0n) is 20.5. The minimum Gasteiger partial charge on any atom is -0.492 e. The second-order valence-electron chi connectivity index (χ2n) is 9.74. The highest BCUT2D eigenvalue weighted by atomic mass is 19.1. The fourth-order valence-corrected chi connectivity index (χ4v) is 4.22. The van der Waals surface area contributed by atoms with Crippen molar-refractivity contribution < 1.29 is 33.3 Å². The molecule has 1 atom stereocenters. The molecule has 2 aliphatic rings. The van der Waals surface area contributed by atoms with Crippen LogP contribution in [0.3, 0.4) is 0 Å². The molecule has 2 fully saturated rings. The Bertz CT molecular complexity index is 1080. The summed E-state index contributed by atoms with van der Waals surface area (Å²) in [5.74, 6) is 0.316. The Labute approximate surface area is 209 Å². The van der Waals surface area contributed by atoms with Crippen molar-refractivity contribution in [2.45, 2.75) is 31.5 Å². The van der Waals surface area contributed by atoms with E-state index in [0.29, 0.717) is 37.7 Å². The Morgan fingerprint density at radius 3 is 2.58 bits per heavy atom. The quantitative estimate of drug-likeness (QED) is 0.508. The maximum atomic E-state index is 13.4. The lowest BCUT2D eigenvalue weighted by Gasteiger charge is -2.30. The van der Waals surface area contributed by atoms with E-state index in [0.717, 1.165) is 10.5 Å². The summed E-state index contributed by atoms with van der Waals surface area (Å²) >= 11 is 0. The first-order valence-corrected chi connectivity index (χ1v) is 11.9. The molecule has 2 aromatic carbocycles. The van der Waals surface area contributed by atoms with Crippen molar-refractivity contribution in [3.63, 3.8) is 0 Å². The third-order valence-corrected chi connectivity index (χ3v) is 6.10. The summed E-state index contributed by atoms with van der Waals surface area (Å²) in [6.07, 6.45) is 0. The molecule has 9 nitrogen and oxygen atoms in total. The molecule has 2 saturated heterocycles. The number of nitrogens with zero attached hydrogens (tertiary/aromatic N) is 2. The van der Waals surface area contributed by atoms with Crippen LogP contribution in [0.5, 0.6) is 11.5 Å². The van der Waals surface area contributed by atoms with E-state index in [1.165, 1.54) is 12.1 Å². The van der Waals surface area contributed by atoms with Gasteiger partial charge in [0.05, 0.1) is 19.8 Å². The molecule has 3 amide bonds. The molecular weight excluding hydrogens is 469 g/mol. The minimum absolute atomic E-state index is 0.0194. The van der Waals surface area contributed by atoms with Gasteiger partial charge in [0.2, 0.25) is 0 Å². The van der Waals surface area contributed by atoms with Crippen molar-refractivity contribution in [1.29, 1.82) is 0 Å². The van der Waals surface area contributed by atoms with E-state index in [2.05, 4.69) is 10.2 Å². The van der Waals surface area contributed by atoms with Crippen LogP contribution >= 0.6 is 0 Å². The second kappa shape index (κ2) is 10.8. The number of carbonyl (C=O) groups excluding carboxylic acids is 2. The first-order valence-electron chi connectivity index (χ1n) is 11.9. The topological polar surface area (TPSA) is 101 Å². The molecular formula is C26H32FN3O6. The summed E-state index contributed by atoms with van der Waals surface area (Å²) in [6.45, 7) is 5.84. The van der Waals surface area contributed by atoms with Crippen LogP contribution in [-0.2, 0) is 16.1 Å². The van der Waals surface area contributed by atoms with E-state index < -0.39 is 23.0 Å². The lowest BCUT2D eigenvalue weighted by molar-refractivity contribution is -0.130. The van der Waals surface area contributed by atoms with Crippen LogP contribution in [0.1, 0.15) is 19.4 Å². The Morgan fingerprint density at radius 1 is 1.11 bits per heavy atom. The molecule has 2 aliphatic heterocycles. The fraction of sp³-hybridized carbons (Fsp3) is 0.462. The number of imide groups is 1. The molecule has 2 heterocycles. The molecule has 0 saturated carbocycles. The van der Waals surface area contributed by atoms with E-state index in [1.54, 1.807) is 26.0 Å². The van der Waals surface area contributed by atoms with Gasteiger partial charge in [0, 0.05) is 25.7 Å². The monoisotopic (exact) mass is 501 g/mol. The molecule has 0 unspecified atom stereocenters. The van der Waals surface area contributed by atoms with E-state index in [1.807, 2.05) is 24.3 Å². The van der Waals surface area contributed by atoms with Gasteiger partial charge in [0.15, 0.2) is 0 Å². The molecule has 4 rings (SSSR count). The highest BCUT2D eigenvalue weighted by Crippen LogP contribution is 2.21. The summed E-state index contributed by atoms with van der Waals surface area (Å²) < 4.78 is 30.4. The van der Waals surface area contributed by atoms with Gasteiger partial charge in [-0.15, -0.1) is 0 Å². The normalized spacial score (nSPS) is 22.3. The van der Waals surface area contributed by atoms with Crippen molar-refractivity contribution in [3.8, 4) is 11.5 Å². The summed E-state index contributed by atoms with van der Waals surface area (Å²) in [6, 6.07) is 12.9. The summed E-state index contributed by atoms with van der Waals surface area (Å²) in [4.78, 5) is 27.4. The van der Waals surface area contributed by atoms with E-state index in [4.69, 9.17) is 14.2 Å². The van der Waals surface area contributed by atoms with Crippen molar-refractivity contribution in [2.75, 3.05) is 46.1 Å². The zero-order valence-corrected chi connectivity index (χ0v) is 20.5. The lowest BCUT2D eigenvalue weighted by Crippen LogP contribution is -2.48. The number of carbonyl (C=O) groups is 2. The van der Waals surface area contributed by atoms with Crippen molar-refractivity contribution in [2.24, 2.45) is 0 Å². The van der Waals surface area contributed by atoms with Crippen molar-refractivity contribution in [1.82, 2.24) is 15.1 Å². The average Bonchev–Trinajstić information content (AvgIpc) is 2.94. The molecule has 0 radical (unpaired) electrons. The van der Waals surface area contributed by atoms with Crippen molar-refractivity contribution >= 4 is 11.9 Å². The van der Waals surface area contributed by atoms with Gasteiger partial charge in [-0.1, -0.05) is 18.2 Å². The molecule has 10 heteroatoms. The van der Waals surface area contributed by atoms with Gasteiger partial charge >= 0.3 is 6.03 Å². The van der Waals surface area contributed by atoms with Crippen LogP contribution in [0.15, 0.2) is 48.5 Å². The maximum Gasteiger partial charge on any atom is 0.325 e. The van der Waals surface area contributed by atoms with E-state index in [9.17, 15) is 19.1 Å². The number of halogens is 1. The molecule has 0 bridgehead atoms. The molecule has 2 aromatic rings. The van der Waals surface area contributed by atoms with Gasteiger partial charge in [-0.05, 0) is 43.7 Å². The Kier molecular flexibility index (Phi) is 7.77. The predicted molar refractivity (Wildman–Crippen MR) is 129 cm³/mol. The summed E-state index contributed by atoms with van der Waals surface area (Å²) in [5, 5.41) is 13.7. The predicted octanol–water partition coefficient (Wildman–Crippen LogP) is 2.18. The smallest absolute Gasteiger partial charge is 0.325 e. The number of hydrogen-bond acceptors (Lipinski definition) is 7. The zero-order chi connectivity index (χ0) is 25.8. The highest BCUT2D eigenvalue weighted by molar-refractivity contribution is 6.06. The van der Waals surface area contributed by atoms with Crippen LogP contribution in [-0.4, -0.2) is 84.0 Å². The molecule has 0 aromatic heterocycles. The Morgan fingerprint density at radius 2 is 1.89 bits per heavy atom.